The summed E-state index contributed by atoms with van der Waals surface area (Å²) in [6, 6.07) is 4.06. The zero-order valence-electron chi connectivity index (χ0n) is 11.9. The Morgan fingerprint density at radius 2 is 2.14 bits per heavy atom. The molecule has 7 heteroatoms. The summed E-state index contributed by atoms with van der Waals surface area (Å²) in [5.74, 6) is 0.615. The van der Waals surface area contributed by atoms with E-state index < -0.39 is 0 Å². The van der Waals surface area contributed by atoms with Crippen LogP contribution in [0.5, 0.6) is 0 Å². The average Bonchev–Trinajstić information content (AvgIpc) is 3.10. The fraction of sp³-hybridized carbons (Fsp3) is 0.333. The van der Waals surface area contributed by atoms with Crippen LogP contribution in [0.3, 0.4) is 0 Å². The van der Waals surface area contributed by atoms with Crippen LogP contribution >= 0.6 is 11.3 Å². The number of thiophene rings is 1. The Morgan fingerprint density at radius 1 is 1.36 bits per heavy atom. The van der Waals surface area contributed by atoms with Crippen molar-refractivity contribution in [1.29, 1.82) is 5.26 Å². The van der Waals surface area contributed by atoms with Crippen molar-refractivity contribution in [2.75, 3.05) is 18.0 Å². The van der Waals surface area contributed by atoms with Crippen LogP contribution in [0.4, 0.5) is 5.82 Å². The third kappa shape index (κ3) is 3.07. The van der Waals surface area contributed by atoms with E-state index in [-0.39, 0.29) is 11.9 Å². The molecule has 1 fully saturated rings. The molecule has 3 rings (SSSR count). The van der Waals surface area contributed by atoms with E-state index in [9.17, 15) is 4.79 Å². The average molecular weight is 313 g/mol. The molecule has 1 aliphatic heterocycles. The number of anilines is 1. The van der Waals surface area contributed by atoms with Crippen LogP contribution in [0.25, 0.3) is 0 Å². The number of rotatable bonds is 3. The molecule has 2 aromatic rings. The molecule has 0 aliphatic carbocycles. The van der Waals surface area contributed by atoms with Gasteiger partial charge in [0.05, 0.1) is 0 Å². The van der Waals surface area contributed by atoms with Gasteiger partial charge in [-0.2, -0.15) is 16.6 Å². The van der Waals surface area contributed by atoms with Crippen LogP contribution in [0.15, 0.2) is 29.2 Å². The molecule has 0 atom stereocenters. The lowest BCUT2D eigenvalue weighted by Gasteiger charge is -2.33. The van der Waals surface area contributed by atoms with E-state index in [1.165, 1.54) is 17.5 Å². The Bertz CT molecular complexity index is 686. The largest absolute Gasteiger partial charge is 0.354 e. The van der Waals surface area contributed by atoms with Crippen molar-refractivity contribution in [3.8, 4) is 6.07 Å². The van der Waals surface area contributed by atoms with Crippen molar-refractivity contribution in [3.63, 3.8) is 0 Å². The Balaban J connectivity index is 1.59. The summed E-state index contributed by atoms with van der Waals surface area (Å²) >= 11 is 1.52. The topological polar surface area (TPSA) is 81.9 Å². The lowest BCUT2D eigenvalue weighted by atomic mass is 10.0. The molecule has 1 saturated heterocycles. The molecule has 0 spiro atoms. The van der Waals surface area contributed by atoms with E-state index in [1.807, 2.05) is 16.8 Å². The molecule has 0 unspecified atom stereocenters. The van der Waals surface area contributed by atoms with E-state index in [0.29, 0.717) is 17.1 Å². The van der Waals surface area contributed by atoms with Crippen molar-refractivity contribution in [2.24, 2.45) is 0 Å². The number of hydrogen-bond acceptors (Lipinski definition) is 6. The van der Waals surface area contributed by atoms with Gasteiger partial charge in [0.25, 0.3) is 5.91 Å². The van der Waals surface area contributed by atoms with Crippen LogP contribution < -0.4 is 10.2 Å². The van der Waals surface area contributed by atoms with Crippen LogP contribution in [0.1, 0.15) is 28.9 Å². The maximum Gasteiger partial charge on any atom is 0.252 e. The molecule has 1 N–H and O–H groups in total. The number of nitriles is 1. The number of nitrogens with zero attached hydrogens (tertiary/aromatic N) is 4. The van der Waals surface area contributed by atoms with Gasteiger partial charge in [0.2, 0.25) is 0 Å². The van der Waals surface area contributed by atoms with Crippen LogP contribution in [0.2, 0.25) is 0 Å². The second-order valence-corrected chi connectivity index (χ2v) is 5.87. The molecule has 0 saturated carbocycles. The van der Waals surface area contributed by atoms with Gasteiger partial charge in [0.15, 0.2) is 11.5 Å². The monoisotopic (exact) mass is 313 g/mol. The predicted molar refractivity (Wildman–Crippen MR) is 83.8 cm³/mol. The zero-order valence-corrected chi connectivity index (χ0v) is 12.7. The number of hydrogen-bond donors (Lipinski definition) is 1. The molecule has 6 nitrogen and oxygen atoms in total. The zero-order chi connectivity index (χ0) is 15.4. The lowest BCUT2D eigenvalue weighted by molar-refractivity contribution is 0.0931. The molecule has 1 aliphatic rings. The van der Waals surface area contributed by atoms with Gasteiger partial charge in [-0.25, -0.2) is 9.97 Å². The predicted octanol–water partition coefficient (Wildman–Crippen LogP) is 1.81. The first kappa shape index (κ1) is 14.5. The normalized spacial score (nSPS) is 15.3. The fourth-order valence-corrected chi connectivity index (χ4v) is 3.17. The number of piperidine rings is 1. The minimum Gasteiger partial charge on any atom is -0.354 e. The van der Waals surface area contributed by atoms with Gasteiger partial charge < -0.3 is 10.2 Å². The van der Waals surface area contributed by atoms with E-state index >= 15 is 0 Å². The highest BCUT2D eigenvalue weighted by molar-refractivity contribution is 7.08. The third-order valence-corrected chi connectivity index (χ3v) is 4.38. The summed E-state index contributed by atoms with van der Waals surface area (Å²) in [5, 5.41) is 15.9. The van der Waals surface area contributed by atoms with Crippen LogP contribution in [-0.4, -0.2) is 35.0 Å². The fourth-order valence-electron chi connectivity index (χ4n) is 2.54. The molecule has 112 valence electrons. The van der Waals surface area contributed by atoms with Gasteiger partial charge in [0, 0.05) is 42.5 Å². The summed E-state index contributed by atoms with van der Waals surface area (Å²) in [5.41, 5.74) is 1.07. The summed E-state index contributed by atoms with van der Waals surface area (Å²) in [4.78, 5) is 22.4. The van der Waals surface area contributed by atoms with Crippen molar-refractivity contribution in [2.45, 2.75) is 18.9 Å². The molecular formula is C15H15N5OS. The van der Waals surface area contributed by atoms with Gasteiger partial charge >= 0.3 is 0 Å². The summed E-state index contributed by atoms with van der Waals surface area (Å²) in [6.07, 6.45) is 4.78. The maximum atomic E-state index is 12.0. The molecule has 3 heterocycles. The molecule has 0 aromatic carbocycles. The highest BCUT2D eigenvalue weighted by Crippen LogP contribution is 2.20. The van der Waals surface area contributed by atoms with Gasteiger partial charge in [-0.15, -0.1) is 0 Å². The number of aromatic nitrogens is 2. The number of carbonyl (C=O) groups excluding carboxylic acids is 1. The van der Waals surface area contributed by atoms with Gasteiger partial charge in [-0.1, -0.05) is 0 Å². The lowest BCUT2D eigenvalue weighted by Crippen LogP contribution is -2.45. The Hall–Kier alpha value is -2.46. The minimum atomic E-state index is -0.0167. The summed E-state index contributed by atoms with van der Waals surface area (Å²) < 4.78 is 0. The first-order chi connectivity index (χ1) is 10.8. The SMILES string of the molecule is N#Cc1nccnc1N1CCC(NC(=O)c2ccsc2)CC1. The Labute approximate surface area is 132 Å². The maximum absolute atomic E-state index is 12.0. The highest BCUT2D eigenvalue weighted by atomic mass is 32.1. The quantitative estimate of drug-likeness (QED) is 0.934. The Kier molecular flexibility index (Phi) is 4.30. The molecular weight excluding hydrogens is 298 g/mol. The standard InChI is InChI=1S/C15H15N5OS/c16-9-13-14(18-5-4-17-13)20-6-1-12(2-7-20)19-15(21)11-3-8-22-10-11/h3-5,8,10,12H,1-2,6-7H2,(H,19,21). The van der Waals surface area contributed by atoms with E-state index in [4.69, 9.17) is 5.26 Å². The van der Waals surface area contributed by atoms with Gasteiger partial charge in [-0.05, 0) is 24.3 Å². The smallest absolute Gasteiger partial charge is 0.252 e. The molecule has 1 amide bonds. The molecule has 0 bridgehead atoms. The van der Waals surface area contributed by atoms with E-state index in [2.05, 4.69) is 26.3 Å². The van der Waals surface area contributed by atoms with Crippen molar-refractivity contribution in [1.82, 2.24) is 15.3 Å². The Morgan fingerprint density at radius 3 is 2.82 bits per heavy atom. The summed E-state index contributed by atoms with van der Waals surface area (Å²) in [7, 11) is 0. The van der Waals surface area contributed by atoms with Crippen molar-refractivity contribution >= 4 is 23.1 Å². The minimum absolute atomic E-state index is 0.0167. The van der Waals surface area contributed by atoms with E-state index in [0.717, 1.165) is 25.9 Å². The van der Waals surface area contributed by atoms with Crippen LogP contribution in [0, 0.1) is 11.3 Å². The number of carbonyl (C=O) groups is 1. The molecule has 0 radical (unpaired) electrons. The third-order valence-electron chi connectivity index (χ3n) is 3.70. The van der Waals surface area contributed by atoms with Crippen molar-refractivity contribution < 1.29 is 4.79 Å². The molecule has 22 heavy (non-hydrogen) atoms. The van der Waals surface area contributed by atoms with Gasteiger partial charge in [0.1, 0.15) is 6.07 Å². The second kappa shape index (κ2) is 6.54. The van der Waals surface area contributed by atoms with Gasteiger partial charge in [-0.3, -0.25) is 4.79 Å². The van der Waals surface area contributed by atoms with E-state index in [1.54, 1.807) is 6.20 Å². The van der Waals surface area contributed by atoms with Crippen molar-refractivity contribution in [3.05, 3.63) is 40.5 Å². The second-order valence-electron chi connectivity index (χ2n) is 5.09. The number of amides is 1. The van der Waals surface area contributed by atoms with Crippen LogP contribution in [-0.2, 0) is 0 Å². The summed E-state index contributed by atoms with van der Waals surface area (Å²) in [6.45, 7) is 1.50. The highest BCUT2D eigenvalue weighted by Gasteiger charge is 2.23. The first-order valence-corrected chi connectivity index (χ1v) is 8.01. The number of nitrogens with one attached hydrogen (secondary N) is 1. The first-order valence-electron chi connectivity index (χ1n) is 7.07. The molecule has 2 aromatic heterocycles.